The van der Waals surface area contributed by atoms with Crippen LogP contribution in [0, 0.1) is 0 Å². The van der Waals surface area contributed by atoms with Gasteiger partial charge in [-0.25, -0.2) is 15.6 Å². The minimum absolute atomic E-state index is 0.319. The minimum Gasteiger partial charge on any atom is -0.427 e. The first-order valence-electron chi connectivity index (χ1n) is 3.06. The third-order valence-corrected chi connectivity index (χ3v) is 1.67. The normalized spacial score (nSPS) is 11.2. The molecule has 4 nitrogen and oxygen atoms in total. The number of allylic oxidation sites excluding steroid dienone is 1. The van der Waals surface area contributed by atoms with Gasteiger partial charge < -0.3 is 4.52 Å². The van der Waals surface area contributed by atoms with E-state index in [9.17, 15) is 4.57 Å². The lowest BCUT2D eigenvalue weighted by molar-refractivity contribution is 0.389. The summed E-state index contributed by atoms with van der Waals surface area (Å²) in [5.74, 6) is 0.820. The highest BCUT2D eigenvalue weighted by Crippen LogP contribution is 2.31. The Morgan fingerprint density at radius 2 is 2.18 bits per heavy atom. The lowest BCUT2D eigenvalue weighted by atomic mass is 10.3. The van der Waals surface area contributed by atoms with Crippen molar-refractivity contribution in [2.45, 2.75) is 12.8 Å². The third-order valence-electron chi connectivity index (χ3n) is 0.861. The van der Waals surface area contributed by atoms with Crippen molar-refractivity contribution in [3.8, 4) is 0 Å². The lowest BCUT2D eigenvalue weighted by Gasteiger charge is -2.10. The highest BCUT2D eigenvalue weighted by Gasteiger charge is 2.10. The van der Waals surface area contributed by atoms with E-state index in [1.54, 1.807) is 0 Å². The monoisotopic (exact) mass is 198 g/mol. The van der Waals surface area contributed by atoms with Crippen LogP contribution in [0.25, 0.3) is 0 Å². The number of alkyl halides is 1. The molecule has 0 aliphatic heterocycles. The van der Waals surface area contributed by atoms with Crippen molar-refractivity contribution in [3.63, 3.8) is 0 Å². The molecule has 0 rings (SSSR count). The fraction of sp³-hybridized carbons (Fsp3) is 0.600. The maximum Gasteiger partial charge on any atom is 0.384 e. The molecule has 0 saturated carbocycles. The van der Waals surface area contributed by atoms with E-state index in [0.29, 0.717) is 24.5 Å². The van der Waals surface area contributed by atoms with Crippen LogP contribution in [0.1, 0.15) is 12.8 Å². The zero-order valence-electron chi connectivity index (χ0n) is 6.12. The molecule has 0 unspecified atom stereocenters. The average molecular weight is 199 g/mol. The minimum atomic E-state index is -3.40. The molecule has 0 saturated heterocycles. The van der Waals surface area contributed by atoms with E-state index in [-0.39, 0.29) is 0 Å². The van der Waals surface area contributed by atoms with Gasteiger partial charge in [0, 0.05) is 12.3 Å². The van der Waals surface area contributed by atoms with E-state index in [4.69, 9.17) is 22.6 Å². The van der Waals surface area contributed by atoms with Crippen molar-refractivity contribution in [3.05, 3.63) is 12.3 Å². The van der Waals surface area contributed by atoms with Gasteiger partial charge in [0.1, 0.15) is 0 Å². The van der Waals surface area contributed by atoms with Crippen molar-refractivity contribution in [1.29, 1.82) is 0 Å². The number of halogens is 1. The molecule has 0 radical (unpaired) electrons. The van der Waals surface area contributed by atoms with Crippen molar-refractivity contribution in [2.24, 2.45) is 11.0 Å². The second-order valence-electron chi connectivity index (χ2n) is 2.07. The Bertz CT molecular complexity index is 179. The van der Waals surface area contributed by atoms with Crippen molar-refractivity contribution in [2.75, 3.05) is 5.88 Å². The molecular weight excluding hydrogens is 186 g/mol. The molecule has 0 spiro atoms. The van der Waals surface area contributed by atoms with Crippen LogP contribution in [-0.2, 0) is 9.09 Å². The average Bonchev–Trinajstić information content (AvgIpc) is 1.79. The summed E-state index contributed by atoms with van der Waals surface area (Å²) in [6.45, 7) is 3.46. The summed E-state index contributed by atoms with van der Waals surface area (Å²) < 4.78 is 15.2. The van der Waals surface area contributed by atoms with Crippen LogP contribution in [0.3, 0.4) is 0 Å². The summed E-state index contributed by atoms with van der Waals surface area (Å²) >= 11 is 5.39. The molecular formula is C5H12ClN2O2P. The topological polar surface area (TPSA) is 78.3 Å². The van der Waals surface area contributed by atoms with E-state index in [2.05, 4.69) is 11.1 Å². The van der Waals surface area contributed by atoms with Crippen LogP contribution >= 0.6 is 19.3 Å². The SMILES string of the molecule is C=C(CCCCl)OP(N)(N)=O. The molecule has 6 heteroatoms. The van der Waals surface area contributed by atoms with Crippen molar-refractivity contribution >= 4 is 19.3 Å². The van der Waals surface area contributed by atoms with Crippen molar-refractivity contribution < 1.29 is 9.09 Å². The molecule has 0 aromatic heterocycles. The van der Waals surface area contributed by atoms with Crippen LogP contribution in [0.4, 0.5) is 0 Å². The zero-order valence-corrected chi connectivity index (χ0v) is 7.78. The molecule has 0 aliphatic carbocycles. The Hall–Kier alpha value is -0.0200. The smallest absolute Gasteiger partial charge is 0.384 e. The van der Waals surface area contributed by atoms with Crippen LogP contribution in [-0.4, -0.2) is 5.88 Å². The van der Waals surface area contributed by atoms with E-state index < -0.39 is 7.67 Å². The highest BCUT2D eigenvalue weighted by atomic mass is 35.5. The number of hydrogen-bond donors (Lipinski definition) is 2. The van der Waals surface area contributed by atoms with Crippen molar-refractivity contribution in [1.82, 2.24) is 0 Å². The molecule has 0 aromatic carbocycles. The molecule has 0 fully saturated rings. The Morgan fingerprint density at radius 3 is 2.55 bits per heavy atom. The summed E-state index contributed by atoms with van der Waals surface area (Å²) in [7, 11) is -3.40. The molecule has 0 atom stereocenters. The van der Waals surface area contributed by atoms with E-state index in [1.807, 2.05) is 0 Å². The summed E-state index contributed by atoms with van der Waals surface area (Å²) in [4.78, 5) is 0. The van der Waals surface area contributed by atoms with E-state index >= 15 is 0 Å². The molecule has 0 aromatic rings. The fourth-order valence-corrected chi connectivity index (χ4v) is 1.14. The lowest BCUT2D eigenvalue weighted by Crippen LogP contribution is -2.07. The number of rotatable bonds is 5. The van der Waals surface area contributed by atoms with Gasteiger partial charge in [0.05, 0.1) is 5.76 Å². The number of hydrogen-bond acceptors (Lipinski definition) is 2. The van der Waals surface area contributed by atoms with Gasteiger partial charge in [-0.3, -0.25) is 0 Å². The van der Waals surface area contributed by atoms with Crippen LogP contribution in [0.15, 0.2) is 12.3 Å². The molecule has 0 bridgehead atoms. The Morgan fingerprint density at radius 1 is 1.64 bits per heavy atom. The predicted molar refractivity (Wildman–Crippen MR) is 46.2 cm³/mol. The Kier molecular flexibility index (Phi) is 4.77. The fourth-order valence-electron chi connectivity index (χ4n) is 0.511. The molecule has 66 valence electrons. The highest BCUT2D eigenvalue weighted by molar-refractivity contribution is 7.53. The number of nitrogens with two attached hydrogens (primary N) is 2. The first kappa shape index (κ1) is 11.0. The summed E-state index contributed by atoms with van der Waals surface area (Å²) in [6, 6.07) is 0. The summed E-state index contributed by atoms with van der Waals surface area (Å²) in [5, 5.41) is 0. The van der Waals surface area contributed by atoms with Gasteiger partial charge >= 0.3 is 7.67 Å². The standard InChI is InChI=1S/C5H12ClN2O2P/c1-5(3-2-4-6)10-11(7,8)9/h1-4H2,(H4,7,8,9). The molecule has 0 amide bonds. The maximum absolute atomic E-state index is 10.6. The van der Waals surface area contributed by atoms with Gasteiger partial charge in [-0.15, -0.1) is 11.6 Å². The van der Waals surface area contributed by atoms with Gasteiger partial charge in [-0.1, -0.05) is 6.58 Å². The second kappa shape index (κ2) is 4.78. The van der Waals surface area contributed by atoms with Gasteiger partial charge in [0.25, 0.3) is 0 Å². The van der Waals surface area contributed by atoms with E-state index in [1.165, 1.54) is 0 Å². The zero-order chi connectivity index (χ0) is 8.91. The van der Waals surface area contributed by atoms with Crippen LogP contribution in [0.2, 0.25) is 0 Å². The van der Waals surface area contributed by atoms with E-state index in [0.717, 1.165) is 0 Å². The molecule has 4 N–H and O–H groups in total. The summed E-state index contributed by atoms with van der Waals surface area (Å²) in [6.07, 6.45) is 1.24. The second-order valence-corrected chi connectivity index (χ2v) is 3.92. The quantitative estimate of drug-likeness (QED) is 0.399. The summed E-state index contributed by atoms with van der Waals surface area (Å²) in [5.41, 5.74) is 9.85. The molecule has 11 heavy (non-hydrogen) atoms. The van der Waals surface area contributed by atoms with Gasteiger partial charge in [-0.2, -0.15) is 0 Å². The predicted octanol–water partition coefficient (Wildman–Crippen LogP) is 1.56. The van der Waals surface area contributed by atoms with Gasteiger partial charge in [0.15, 0.2) is 0 Å². The largest absolute Gasteiger partial charge is 0.427 e. The first-order chi connectivity index (χ1) is 4.95. The first-order valence-corrected chi connectivity index (χ1v) is 5.36. The molecule has 0 aliphatic rings. The Balaban J connectivity index is 3.62. The van der Waals surface area contributed by atoms with Gasteiger partial charge in [-0.05, 0) is 6.42 Å². The van der Waals surface area contributed by atoms with Crippen LogP contribution < -0.4 is 11.0 Å². The Labute approximate surface area is 71.1 Å². The van der Waals surface area contributed by atoms with Crippen LogP contribution in [0.5, 0.6) is 0 Å². The molecule has 0 heterocycles. The maximum atomic E-state index is 10.6. The third kappa shape index (κ3) is 7.88. The van der Waals surface area contributed by atoms with Gasteiger partial charge in [0.2, 0.25) is 0 Å².